The number of nitrogens with one attached hydrogen (secondary N) is 2. The molecular formula is C22H22F2N6OS. The number of benzene rings is 2. The van der Waals surface area contributed by atoms with Gasteiger partial charge in [-0.25, -0.2) is 4.98 Å². The van der Waals surface area contributed by atoms with E-state index < -0.39 is 12.6 Å². The lowest BCUT2D eigenvalue weighted by molar-refractivity contribution is -0.122. The van der Waals surface area contributed by atoms with Crippen LogP contribution in [-0.4, -0.2) is 30.2 Å². The van der Waals surface area contributed by atoms with Gasteiger partial charge in [-0.3, -0.25) is 19.0 Å². The number of alkyl halides is 2. The number of aromatic amines is 1. The highest BCUT2D eigenvalue weighted by molar-refractivity contribution is 7.71. The van der Waals surface area contributed by atoms with E-state index >= 15 is 0 Å². The summed E-state index contributed by atoms with van der Waals surface area (Å²) in [7, 11) is 0. The first-order valence-electron chi connectivity index (χ1n) is 10.1. The Morgan fingerprint density at radius 3 is 2.75 bits per heavy atom. The molecule has 2 aromatic heterocycles. The van der Waals surface area contributed by atoms with E-state index in [0.29, 0.717) is 28.2 Å². The fourth-order valence-electron chi connectivity index (χ4n) is 3.69. The van der Waals surface area contributed by atoms with Gasteiger partial charge in [0.05, 0.1) is 17.1 Å². The molecule has 0 spiro atoms. The number of aromatic nitrogens is 5. The molecule has 2 heterocycles. The number of imidazole rings is 1. The topological polar surface area (TPSA) is 80.5 Å². The monoisotopic (exact) mass is 456 g/mol. The molecule has 0 bridgehead atoms. The number of rotatable bonds is 7. The minimum Gasteiger partial charge on any atom is -0.346 e. The molecule has 4 rings (SSSR count). The summed E-state index contributed by atoms with van der Waals surface area (Å²) in [6, 6.07) is 13.8. The van der Waals surface area contributed by atoms with Gasteiger partial charge < -0.3 is 5.32 Å². The minimum atomic E-state index is -2.77. The largest absolute Gasteiger partial charge is 0.346 e. The molecule has 1 atom stereocenters. The van der Waals surface area contributed by atoms with Gasteiger partial charge in [0.2, 0.25) is 5.91 Å². The van der Waals surface area contributed by atoms with Crippen LogP contribution in [-0.2, 0) is 11.3 Å². The van der Waals surface area contributed by atoms with Gasteiger partial charge in [0.15, 0.2) is 10.6 Å². The Hall–Kier alpha value is -3.40. The predicted molar refractivity (Wildman–Crippen MR) is 120 cm³/mol. The first kappa shape index (κ1) is 21.8. The van der Waals surface area contributed by atoms with Gasteiger partial charge in [0.1, 0.15) is 5.82 Å². The molecule has 7 nitrogen and oxygen atoms in total. The average Bonchev–Trinajstić information content (AvgIpc) is 3.33. The molecule has 166 valence electrons. The molecule has 0 aliphatic carbocycles. The van der Waals surface area contributed by atoms with Crippen LogP contribution in [0.2, 0.25) is 0 Å². The molecule has 10 heteroatoms. The van der Waals surface area contributed by atoms with Crippen molar-refractivity contribution in [2.75, 3.05) is 0 Å². The number of aryl methyl sites for hydroxylation is 1. The lowest BCUT2D eigenvalue weighted by Crippen LogP contribution is -2.29. The van der Waals surface area contributed by atoms with Crippen molar-refractivity contribution < 1.29 is 13.6 Å². The second-order valence-corrected chi connectivity index (χ2v) is 7.91. The minimum absolute atomic E-state index is 0.103. The summed E-state index contributed by atoms with van der Waals surface area (Å²) in [5.74, 6) is 0.442. The van der Waals surface area contributed by atoms with E-state index in [9.17, 15) is 13.6 Å². The van der Waals surface area contributed by atoms with Crippen molar-refractivity contribution in [1.29, 1.82) is 0 Å². The molecule has 2 N–H and O–H groups in total. The number of hydrogen-bond acceptors (Lipinski definition) is 4. The molecule has 0 fully saturated rings. The number of hydrogen-bond donors (Lipinski definition) is 2. The maximum absolute atomic E-state index is 13.7. The fraction of sp³-hybridized carbons (Fsp3) is 0.273. The van der Waals surface area contributed by atoms with E-state index in [0.717, 1.165) is 15.7 Å². The number of amides is 1. The lowest BCUT2D eigenvalue weighted by Gasteiger charge is -2.16. The molecule has 0 saturated heterocycles. The van der Waals surface area contributed by atoms with E-state index in [1.807, 2.05) is 31.2 Å². The van der Waals surface area contributed by atoms with Gasteiger partial charge in [-0.1, -0.05) is 35.9 Å². The molecule has 0 saturated carbocycles. The summed E-state index contributed by atoms with van der Waals surface area (Å²) >= 11 is 5.32. The Balaban J connectivity index is 1.49. The molecule has 32 heavy (non-hydrogen) atoms. The van der Waals surface area contributed by atoms with Crippen molar-refractivity contribution >= 4 is 29.2 Å². The molecular weight excluding hydrogens is 434 g/mol. The van der Waals surface area contributed by atoms with Crippen LogP contribution in [0.5, 0.6) is 0 Å². The fourth-order valence-corrected chi connectivity index (χ4v) is 3.92. The number of nitrogens with zero attached hydrogens (tertiary/aromatic N) is 4. The van der Waals surface area contributed by atoms with Crippen LogP contribution in [0, 0.1) is 11.7 Å². The molecule has 0 aliphatic heterocycles. The first-order valence-corrected chi connectivity index (χ1v) is 10.5. The Morgan fingerprint density at radius 1 is 1.22 bits per heavy atom. The number of para-hydroxylation sites is 2. The molecule has 1 unspecified atom stereocenters. The zero-order chi connectivity index (χ0) is 22.8. The number of carbonyl (C=O) groups excluding carboxylic acids is 1. The standard InChI is InChI=1S/C22H22F2N6OS/c1-13-6-5-7-15(12-13)20-27-28-22(32)29(20)11-10-18(31)25-14(2)19-26-16-8-3-4-9-17(16)30(19)21(23)24/h3-9,12,14,21H,10-11H2,1-2H3,(H,25,31)(H,28,32). The van der Waals surface area contributed by atoms with Crippen molar-refractivity contribution in [3.05, 3.63) is 64.7 Å². The Kier molecular flexibility index (Phi) is 6.13. The second kappa shape index (κ2) is 8.99. The van der Waals surface area contributed by atoms with Crippen molar-refractivity contribution in [3.63, 3.8) is 0 Å². The Morgan fingerprint density at radius 2 is 2.00 bits per heavy atom. The number of carbonyl (C=O) groups is 1. The third kappa shape index (κ3) is 4.31. The van der Waals surface area contributed by atoms with Crippen LogP contribution in [0.15, 0.2) is 48.5 Å². The Bertz CT molecular complexity index is 1330. The first-order chi connectivity index (χ1) is 15.3. The molecule has 1 amide bonds. The Labute approximate surface area is 188 Å². The summed E-state index contributed by atoms with van der Waals surface area (Å²) in [6.07, 6.45) is 0.103. The predicted octanol–water partition coefficient (Wildman–Crippen LogP) is 4.93. The SMILES string of the molecule is Cc1cccc(-c2n[nH]c(=S)n2CCC(=O)NC(C)c2nc3ccccc3n2C(F)F)c1. The van der Waals surface area contributed by atoms with Gasteiger partial charge in [0.25, 0.3) is 0 Å². The quantitative estimate of drug-likeness (QED) is 0.387. The van der Waals surface area contributed by atoms with Crippen LogP contribution in [0.3, 0.4) is 0 Å². The smallest absolute Gasteiger partial charge is 0.320 e. The molecule has 0 radical (unpaired) electrons. The average molecular weight is 457 g/mol. The van der Waals surface area contributed by atoms with E-state index in [4.69, 9.17) is 12.2 Å². The highest BCUT2D eigenvalue weighted by Crippen LogP contribution is 2.26. The van der Waals surface area contributed by atoms with Gasteiger partial charge in [-0.2, -0.15) is 13.9 Å². The van der Waals surface area contributed by atoms with Crippen LogP contribution in [0.25, 0.3) is 22.4 Å². The summed E-state index contributed by atoms with van der Waals surface area (Å²) < 4.78 is 30.4. The number of halogens is 2. The third-order valence-electron chi connectivity index (χ3n) is 5.18. The van der Waals surface area contributed by atoms with Crippen LogP contribution >= 0.6 is 12.2 Å². The normalized spacial score (nSPS) is 12.4. The second-order valence-electron chi connectivity index (χ2n) is 7.52. The van der Waals surface area contributed by atoms with Crippen molar-refractivity contribution in [1.82, 2.24) is 29.6 Å². The summed E-state index contributed by atoms with van der Waals surface area (Å²) in [5, 5.41) is 9.82. The van der Waals surface area contributed by atoms with Crippen molar-refractivity contribution in [2.45, 2.75) is 39.4 Å². The highest BCUT2D eigenvalue weighted by atomic mass is 32.1. The molecule has 2 aromatic carbocycles. The maximum atomic E-state index is 13.7. The lowest BCUT2D eigenvalue weighted by atomic mass is 10.1. The summed E-state index contributed by atoms with van der Waals surface area (Å²) in [4.78, 5) is 16.9. The third-order valence-corrected chi connectivity index (χ3v) is 5.49. The zero-order valence-corrected chi connectivity index (χ0v) is 18.4. The molecule has 0 aliphatic rings. The van der Waals surface area contributed by atoms with E-state index in [1.54, 1.807) is 35.8 Å². The van der Waals surface area contributed by atoms with Crippen LogP contribution in [0.4, 0.5) is 8.78 Å². The number of H-pyrrole nitrogens is 1. The maximum Gasteiger partial charge on any atom is 0.320 e. The van der Waals surface area contributed by atoms with Crippen LogP contribution < -0.4 is 5.32 Å². The summed E-state index contributed by atoms with van der Waals surface area (Å²) in [5.41, 5.74) is 2.75. The van der Waals surface area contributed by atoms with Crippen molar-refractivity contribution in [2.24, 2.45) is 0 Å². The van der Waals surface area contributed by atoms with E-state index in [-0.39, 0.29) is 18.2 Å². The van der Waals surface area contributed by atoms with E-state index in [1.165, 1.54) is 0 Å². The van der Waals surface area contributed by atoms with Gasteiger partial charge >= 0.3 is 6.55 Å². The highest BCUT2D eigenvalue weighted by Gasteiger charge is 2.23. The summed E-state index contributed by atoms with van der Waals surface area (Å²) in [6.45, 7) is 1.15. The van der Waals surface area contributed by atoms with Crippen LogP contribution in [0.1, 0.15) is 37.3 Å². The van der Waals surface area contributed by atoms with Crippen molar-refractivity contribution in [3.8, 4) is 11.4 Å². The molecule has 4 aromatic rings. The number of fused-ring (bicyclic) bond motifs is 1. The zero-order valence-electron chi connectivity index (χ0n) is 17.5. The van der Waals surface area contributed by atoms with Gasteiger partial charge in [-0.05, 0) is 44.3 Å². The van der Waals surface area contributed by atoms with Gasteiger partial charge in [-0.15, -0.1) is 0 Å². The van der Waals surface area contributed by atoms with Gasteiger partial charge in [0, 0.05) is 18.5 Å². The van der Waals surface area contributed by atoms with E-state index in [2.05, 4.69) is 20.5 Å².